The SMILES string of the molecule is C[C@]12CCC3=C4CCC(=O)C=C4CCC3C1CC[C@]2(CC#N)c1ccccc1C(=O)O. The van der Waals surface area contributed by atoms with Gasteiger partial charge in [0.2, 0.25) is 0 Å². The smallest absolute Gasteiger partial charge is 0.335 e. The van der Waals surface area contributed by atoms with E-state index >= 15 is 0 Å². The molecule has 4 heteroatoms. The number of rotatable bonds is 3. The second kappa shape index (κ2) is 7.19. The lowest BCUT2D eigenvalue weighted by molar-refractivity contribution is -0.114. The summed E-state index contributed by atoms with van der Waals surface area (Å²) in [6.45, 7) is 2.33. The van der Waals surface area contributed by atoms with Crippen molar-refractivity contribution in [3.63, 3.8) is 0 Å². The van der Waals surface area contributed by atoms with E-state index in [1.165, 1.54) is 11.1 Å². The molecule has 0 amide bonds. The van der Waals surface area contributed by atoms with E-state index in [2.05, 4.69) is 13.0 Å². The van der Waals surface area contributed by atoms with Gasteiger partial charge in [0.1, 0.15) is 0 Å². The summed E-state index contributed by atoms with van der Waals surface area (Å²) in [5.74, 6) is 0.310. The molecule has 0 bridgehead atoms. The first-order valence-corrected chi connectivity index (χ1v) is 11.6. The number of allylic oxidation sites excluding steroid dienone is 4. The van der Waals surface area contributed by atoms with Gasteiger partial charge in [0.05, 0.1) is 11.6 Å². The summed E-state index contributed by atoms with van der Waals surface area (Å²) in [7, 11) is 0. The van der Waals surface area contributed by atoms with Gasteiger partial charge in [-0.15, -0.1) is 0 Å². The molecule has 0 aromatic heterocycles. The maximum absolute atomic E-state index is 12.1. The molecule has 0 heterocycles. The predicted octanol–water partition coefficient (Wildman–Crippen LogP) is 5.74. The molecule has 4 nitrogen and oxygen atoms in total. The average molecular weight is 416 g/mol. The van der Waals surface area contributed by atoms with Crippen molar-refractivity contribution >= 4 is 11.8 Å². The van der Waals surface area contributed by atoms with Gasteiger partial charge in [-0.2, -0.15) is 5.26 Å². The van der Waals surface area contributed by atoms with Crippen LogP contribution in [0.15, 0.2) is 47.1 Å². The van der Waals surface area contributed by atoms with Gasteiger partial charge >= 0.3 is 5.97 Å². The lowest BCUT2D eigenvalue weighted by atomic mass is 9.50. The Morgan fingerprint density at radius 1 is 1.16 bits per heavy atom. The molecule has 0 radical (unpaired) electrons. The normalized spacial score (nSPS) is 34.3. The highest BCUT2D eigenvalue weighted by Gasteiger charge is 2.62. The van der Waals surface area contributed by atoms with E-state index in [0.29, 0.717) is 30.2 Å². The standard InChI is InChI=1S/C27H29NO3/c1-26-12-10-20-19-9-7-18(29)16-17(19)6-8-21(20)23(26)11-13-27(26,14-15-28)24-5-3-2-4-22(24)25(30)31/h2-5,16,21,23H,6-14H2,1H3,(H,30,31)/t21?,23?,26-,27-/m0/s1. The molecule has 2 unspecified atom stereocenters. The highest BCUT2D eigenvalue weighted by atomic mass is 16.4. The quantitative estimate of drug-likeness (QED) is 0.682. The fourth-order valence-electron chi connectivity index (χ4n) is 7.72. The number of nitriles is 1. The van der Waals surface area contributed by atoms with E-state index in [-0.39, 0.29) is 11.2 Å². The zero-order chi connectivity index (χ0) is 21.8. The summed E-state index contributed by atoms with van der Waals surface area (Å²) < 4.78 is 0. The van der Waals surface area contributed by atoms with Crippen molar-refractivity contribution in [1.29, 1.82) is 5.26 Å². The minimum atomic E-state index is -0.905. The van der Waals surface area contributed by atoms with Crippen LogP contribution in [0.2, 0.25) is 0 Å². The predicted molar refractivity (Wildman–Crippen MR) is 117 cm³/mol. The number of benzene rings is 1. The van der Waals surface area contributed by atoms with Gasteiger partial charge in [-0.1, -0.05) is 30.7 Å². The Balaban J connectivity index is 1.61. The number of carboxylic acid groups (broad SMARTS) is 1. The van der Waals surface area contributed by atoms with E-state index in [0.717, 1.165) is 50.5 Å². The van der Waals surface area contributed by atoms with E-state index < -0.39 is 11.4 Å². The third-order valence-electron chi connectivity index (χ3n) is 9.15. The van der Waals surface area contributed by atoms with Gasteiger partial charge in [0, 0.05) is 18.3 Å². The maximum atomic E-state index is 12.1. The fraction of sp³-hybridized carbons (Fsp3) is 0.519. The van der Waals surface area contributed by atoms with Gasteiger partial charge in [-0.3, -0.25) is 4.79 Å². The van der Waals surface area contributed by atoms with Crippen molar-refractivity contribution in [2.24, 2.45) is 17.3 Å². The number of hydrogen-bond donors (Lipinski definition) is 1. The number of nitrogens with zero attached hydrogens (tertiary/aromatic N) is 1. The number of carboxylic acids is 1. The molecule has 160 valence electrons. The average Bonchev–Trinajstić information content (AvgIpc) is 3.06. The van der Waals surface area contributed by atoms with Crippen molar-refractivity contribution in [2.75, 3.05) is 0 Å². The first kappa shape index (κ1) is 20.2. The first-order chi connectivity index (χ1) is 14.9. The van der Waals surface area contributed by atoms with Crippen LogP contribution in [0, 0.1) is 28.6 Å². The summed E-state index contributed by atoms with van der Waals surface area (Å²) >= 11 is 0. The Hall–Kier alpha value is -2.67. The molecule has 4 aliphatic rings. The van der Waals surface area contributed by atoms with Crippen LogP contribution in [-0.2, 0) is 10.2 Å². The minimum absolute atomic E-state index is 0.102. The summed E-state index contributed by atoms with van der Waals surface area (Å²) in [4.78, 5) is 24.0. The molecular formula is C27H29NO3. The number of ketones is 1. The fourth-order valence-corrected chi connectivity index (χ4v) is 7.72. The molecule has 2 saturated carbocycles. The molecule has 4 atom stereocenters. The summed E-state index contributed by atoms with van der Waals surface area (Å²) in [6.07, 6.45) is 9.67. The Labute approximate surface area is 183 Å². The Kier molecular flexibility index (Phi) is 4.70. The van der Waals surface area contributed by atoms with Crippen molar-refractivity contribution in [3.05, 3.63) is 58.2 Å². The minimum Gasteiger partial charge on any atom is -0.478 e. The first-order valence-electron chi connectivity index (χ1n) is 11.6. The van der Waals surface area contributed by atoms with Gasteiger partial charge < -0.3 is 5.11 Å². The van der Waals surface area contributed by atoms with Crippen LogP contribution in [0.5, 0.6) is 0 Å². The number of carbonyl (C=O) groups excluding carboxylic acids is 1. The van der Waals surface area contributed by atoms with Gasteiger partial charge in [0.25, 0.3) is 0 Å². The second-order valence-electron chi connectivity index (χ2n) is 10.1. The largest absolute Gasteiger partial charge is 0.478 e. The lowest BCUT2D eigenvalue weighted by Crippen LogP contribution is -2.48. The molecule has 5 rings (SSSR count). The summed E-state index contributed by atoms with van der Waals surface area (Å²) in [5.41, 5.74) is 4.95. The van der Waals surface area contributed by atoms with Crippen LogP contribution in [0.3, 0.4) is 0 Å². The van der Waals surface area contributed by atoms with Crippen molar-refractivity contribution in [1.82, 2.24) is 0 Å². The molecule has 1 N–H and O–H groups in total. The summed E-state index contributed by atoms with van der Waals surface area (Å²) in [5, 5.41) is 19.8. The number of fused-ring (bicyclic) bond motifs is 4. The van der Waals surface area contributed by atoms with Crippen LogP contribution < -0.4 is 0 Å². The highest BCUT2D eigenvalue weighted by Crippen LogP contribution is 2.68. The molecular weight excluding hydrogens is 386 g/mol. The Morgan fingerprint density at radius 3 is 2.74 bits per heavy atom. The Morgan fingerprint density at radius 2 is 1.97 bits per heavy atom. The van der Waals surface area contributed by atoms with Crippen molar-refractivity contribution in [3.8, 4) is 6.07 Å². The van der Waals surface area contributed by atoms with Crippen LogP contribution in [0.4, 0.5) is 0 Å². The summed E-state index contributed by atoms with van der Waals surface area (Å²) in [6, 6.07) is 9.80. The van der Waals surface area contributed by atoms with E-state index in [1.807, 2.05) is 18.2 Å². The Bertz CT molecular complexity index is 1070. The van der Waals surface area contributed by atoms with Crippen LogP contribution in [0.25, 0.3) is 0 Å². The van der Waals surface area contributed by atoms with E-state index in [4.69, 9.17) is 0 Å². The van der Waals surface area contributed by atoms with Crippen LogP contribution in [-0.4, -0.2) is 16.9 Å². The topological polar surface area (TPSA) is 78.2 Å². The number of hydrogen-bond acceptors (Lipinski definition) is 3. The number of aromatic carboxylic acids is 1. The van der Waals surface area contributed by atoms with Crippen LogP contribution in [0.1, 0.15) is 80.6 Å². The monoisotopic (exact) mass is 415 g/mol. The number of carbonyl (C=O) groups is 2. The third kappa shape index (κ3) is 2.79. The zero-order valence-corrected chi connectivity index (χ0v) is 18.1. The van der Waals surface area contributed by atoms with Gasteiger partial charge in [-0.25, -0.2) is 4.79 Å². The molecule has 2 fully saturated rings. The van der Waals surface area contributed by atoms with Gasteiger partial charge in [-0.05, 0) is 91.0 Å². The molecule has 1 aromatic carbocycles. The molecule has 0 saturated heterocycles. The highest BCUT2D eigenvalue weighted by molar-refractivity contribution is 5.93. The maximum Gasteiger partial charge on any atom is 0.335 e. The molecule has 1 aromatic rings. The van der Waals surface area contributed by atoms with Gasteiger partial charge in [0.15, 0.2) is 5.78 Å². The van der Waals surface area contributed by atoms with Crippen molar-refractivity contribution in [2.45, 2.75) is 70.1 Å². The van der Waals surface area contributed by atoms with Crippen LogP contribution >= 0.6 is 0 Å². The van der Waals surface area contributed by atoms with Crippen molar-refractivity contribution < 1.29 is 14.7 Å². The molecule has 4 aliphatic carbocycles. The third-order valence-corrected chi connectivity index (χ3v) is 9.15. The molecule has 31 heavy (non-hydrogen) atoms. The zero-order valence-electron chi connectivity index (χ0n) is 18.1. The lowest BCUT2D eigenvalue weighted by Gasteiger charge is -2.54. The van der Waals surface area contributed by atoms with E-state index in [1.54, 1.807) is 17.7 Å². The second-order valence-corrected chi connectivity index (χ2v) is 10.1. The molecule has 0 aliphatic heterocycles. The molecule has 0 spiro atoms. The van der Waals surface area contributed by atoms with E-state index in [9.17, 15) is 20.0 Å².